The maximum Gasteiger partial charge on any atom is 0.162 e. The molecule has 6 nitrogen and oxygen atoms in total. The lowest BCUT2D eigenvalue weighted by Gasteiger charge is -2.39. The van der Waals surface area contributed by atoms with Crippen LogP contribution in [0.15, 0.2) is 59.5 Å². The molecule has 180 valence electrons. The number of methoxy groups -OCH3 is 4. The summed E-state index contributed by atoms with van der Waals surface area (Å²) in [7, 11) is 5.35. The van der Waals surface area contributed by atoms with Crippen molar-refractivity contribution >= 4 is 16.5 Å². The highest BCUT2D eigenvalue weighted by atomic mass is 32.2. The monoisotopic (exact) mass is 481 g/mol. The van der Waals surface area contributed by atoms with Crippen molar-refractivity contribution in [3.63, 3.8) is 0 Å². The Morgan fingerprint density at radius 2 is 1.44 bits per heavy atom. The zero-order chi connectivity index (χ0) is 24.2. The normalized spacial score (nSPS) is 15.9. The van der Waals surface area contributed by atoms with Crippen molar-refractivity contribution in [2.45, 2.75) is 24.3 Å². The maximum atomic E-state index is 13.5. The average molecular weight is 482 g/mol. The zero-order valence-corrected chi connectivity index (χ0v) is 21.1. The molecule has 0 amide bonds. The SMILES string of the molecule is COc1ccc(N2CCc3cc(OC)c(OC)cc3[C@@H]2C[S@@](=O)c2ccc(C)cc2)cc1OC. The van der Waals surface area contributed by atoms with Crippen LogP contribution < -0.4 is 23.8 Å². The van der Waals surface area contributed by atoms with E-state index < -0.39 is 10.8 Å². The van der Waals surface area contributed by atoms with Crippen molar-refractivity contribution in [1.29, 1.82) is 0 Å². The Labute approximate surface area is 203 Å². The van der Waals surface area contributed by atoms with Gasteiger partial charge < -0.3 is 23.8 Å². The quantitative estimate of drug-likeness (QED) is 0.454. The minimum Gasteiger partial charge on any atom is -0.493 e. The smallest absolute Gasteiger partial charge is 0.162 e. The van der Waals surface area contributed by atoms with E-state index in [1.54, 1.807) is 28.4 Å². The molecular formula is C27H31NO5S. The van der Waals surface area contributed by atoms with Crippen LogP contribution in [0.2, 0.25) is 0 Å². The molecular weight excluding hydrogens is 450 g/mol. The third kappa shape index (κ3) is 4.71. The van der Waals surface area contributed by atoms with Crippen molar-refractivity contribution < 1.29 is 23.2 Å². The van der Waals surface area contributed by atoms with Crippen LogP contribution in [0.3, 0.4) is 0 Å². The van der Waals surface area contributed by atoms with Gasteiger partial charge in [0.15, 0.2) is 23.0 Å². The highest BCUT2D eigenvalue weighted by Gasteiger charge is 2.31. The summed E-state index contributed by atoms with van der Waals surface area (Å²) in [5, 5.41) is 0. The Morgan fingerprint density at radius 1 is 0.824 bits per heavy atom. The van der Waals surface area contributed by atoms with Crippen LogP contribution in [0.4, 0.5) is 5.69 Å². The second kappa shape index (κ2) is 10.4. The summed E-state index contributed by atoms with van der Waals surface area (Å²) < 4.78 is 35.6. The summed E-state index contributed by atoms with van der Waals surface area (Å²) in [5.41, 5.74) is 4.41. The van der Waals surface area contributed by atoms with Gasteiger partial charge in [0.2, 0.25) is 0 Å². The van der Waals surface area contributed by atoms with E-state index in [-0.39, 0.29) is 6.04 Å². The van der Waals surface area contributed by atoms with E-state index in [4.69, 9.17) is 18.9 Å². The lowest BCUT2D eigenvalue weighted by Crippen LogP contribution is -2.38. The topological polar surface area (TPSA) is 57.2 Å². The highest BCUT2D eigenvalue weighted by molar-refractivity contribution is 7.85. The van der Waals surface area contributed by atoms with Gasteiger partial charge >= 0.3 is 0 Å². The Morgan fingerprint density at radius 3 is 2.09 bits per heavy atom. The van der Waals surface area contributed by atoms with E-state index in [1.807, 2.05) is 61.5 Å². The molecule has 0 spiro atoms. The van der Waals surface area contributed by atoms with Crippen molar-refractivity contribution in [3.8, 4) is 23.0 Å². The minimum absolute atomic E-state index is 0.121. The molecule has 1 aliphatic rings. The molecule has 4 rings (SSSR count). The summed E-state index contributed by atoms with van der Waals surface area (Å²) in [4.78, 5) is 3.12. The van der Waals surface area contributed by atoms with E-state index in [0.29, 0.717) is 28.8 Å². The van der Waals surface area contributed by atoms with Crippen molar-refractivity contribution in [2.24, 2.45) is 0 Å². The van der Waals surface area contributed by atoms with Gasteiger partial charge in [0.1, 0.15) is 0 Å². The molecule has 1 aliphatic heterocycles. The fraction of sp³-hybridized carbons (Fsp3) is 0.333. The predicted molar refractivity (Wildman–Crippen MR) is 135 cm³/mol. The fourth-order valence-corrected chi connectivity index (χ4v) is 5.73. The summed E-state index contributed by atoms with van der Waals surface area (Å²) in [6.07, 6.45) is 0.831. The van der Waals surface area contributed by atoms with E-state index >= 15 is 0 Å². The third-order valence-electron chi connectivity index (χ3n) is 6.29. The van der Waals surface area contributed by atoms with Crippen molar-refractivity contribution in [2.75, 3.05) is 45.6 Å². The summed E-state index contributed by atoms with van der Waals surface area (Å²) >= 11 is 0. The molecule has 34 heavy (non-hydrogen) atoms. The summed E-state index contributed by atoms with van der Waals surface area (Å²) in [6, 6.07) is 17.8. The number of ether oxygens (including phenoxy) is 4. The number of aryl methyl sites for hydroxylation is 1. The van der Waals surface area contributed by atoms with Crippen LogP contribution in [-0.4, -0.2) is 44.9 Å². The molecule has 0 aromatic heterocycles. The molecule has 0 saturated heterocycles. The van der Waals surface area contributed by atoms with Gasteiger partial charge in [-0.25, -0.2) is 0 Å². The maximum absolute atomic E-state index is 13.5. The van der Waals surface area contributed by atoms with E-state index in [9.17, 15) is 4.21 Å². The number of benzene rings is 3. The molecule has 0 saturated carbocycles. The van der Waals surface area contributed by atoms with Crippen LogP contribution >= 0.6 is 0 Å². The number of fused-ring (bicyclic) bond motifs is 1. The standard InChI is InChI=1S/C27H31NO5S/c1-18-6-9-21(10-7-18)34(29)17-23-22-16-27(33-5)25(31-3)14-19(22)12-13-28(23)20-8-11-24(30-2)26(15-20)32-4/h6-11,14-16,23H,12-13,17H2,1-5H3/t23-,34+/m0/s1. The second-order valence-corrected chi connectivity index (χ2v) is 9.73. The molecule has 3 aromatic carbocycles. The van der Waals surface area contributed by atoms with Crippen LogP contribution in [0.1, 0.15) is 22.7 Å². The highest BCUT2D eigenvalue weighted by Crippen LogP contribution is 2.42. The first-order valence-electron chi connectivity index (χ1n) is 11.2. The van der Waals surface area contributed by atoms with Crippen LogP contribution in [-0.2, 0) is 17.2 Å². The molecule has 0 aliphatic carbocycles. The van der Waals surface area contributed by atoms with E-state index in [2.05, 4.69) is 4.90 Å². The third-order valence-corrected chi connectivity index (χ3v) is 7.71. The molecule has 0 bridgehead atoms. The summed E-state index contributed by atoms with van der Waals surface area (Å²) in [6.45, 7) is 2.80. The summed E-state index contributed by atoms with van der Waals surface area (Å²) in [5.74, 6) is 3.16. The molecule has 0 radical (unpaired) electrons. The number of anilines is 1. The van der Waals surface area contributed by atoms with E-state index in [1.165, 1.54) is 5.56 Å². The molecule has 0 unspecified atom stereocenters. The molecule has 2 atom stereocenters. The van der Waals surface area contributed by atoms with Crippen LogP contribution in [0.5, 0.6) is 23.0 Å². The lowest BCUT2D eigenvalue weighted by molar-refractivity contribution is 0.353. The van der Waals surface area contributed by atoms with Crippen molar-refractivity contribution in [1.82, 2.24) is 0 Å². The zero-order valence-electron chi connectivity index (χ0n) is 20.3. The minimum atomic E-state index is -1.19. The Hall–Kier alpha value is -3.19. The van der Waals surface area contributed by atoms with Crippen LogP contribution in [0, 0.1) is 6.92 Å². The predicted octanol–water partition coefficient (Wildman–Crippen LogP) is 4.94. The number of hydrogen-bond acceptors (Lipinski definition) is 6. The van der Waals surface area contributed by atoms with Gasteiger partial charge in [-0.15, -0.1) is 0 Å². The second-order valence-electron chi connectivity index (χ2n) is 8.23. The molecule has 1 heterocycles. The number of hydrogen-bond donors (Lipinski definition) is 0. The van der Waals surface area contributed by atoms with Gasteiger partial charge in [-0.3, -0.25) is 4.21 Å². The first kappa shape index (κ1) is 24.0. The molecule has 0 fully saturated rings. The molecule has 0 N–H and O–H groups in total. The largest absolute Gasteiger partial charge is 0.493 e. The Kier molecular flexibility index (Phi) is 7.32. The Bertz CT molecular complexity index is 1180. The fourth-order valence-electron chi connectivity index (χ4n) is 4.45. The van der Waals surface area contributed by atoms with Gasteiger partial charge in [-0.05, 0) is 60.9 Å². The number of nitrogens with zero attached hydrogens (tertiary/aromatic N) is 1. The van der Waals surface area contributed by atoms with Crippen LogP contribution in [0.25, 0.3) is 0 Å². The Balaban J connectivity index is 1.78. The number of rotatable bonds is 8. The van der Waals surface area contributed by atoms with Gasteiger partial charge in [0, 0.05) is 23.2 Å². The van der Waals surface area contributed by atoms with Gasteiger partial charge in [0.05, 0.1) is 51.0 Å². The van der Waals surface area contributed by atoms with Gasteiger partial charge in [0.25, 0.3) is 0 Å². The average Bonchev–Trinajstić information content (AvgIpc) is 2.87. The van der Waals surface area contributed by atoms with Gasteiger partial charge in [-0.2, -0.15) is 0 Å². The lowest BCUT2D eigenvalue weighted by atomic mass is 9.92. The first-order valence-corrected chi connectivity index (χ1v) is 12.5. The molecule has 7 heteroatoms. The van der Waals surface area contributed by atoms with Crippen molar-refractivity contribution in [3.05, 3.63) is 71.3 Å². The van der Waals surface area contributed by atoms with E-state index in [0.717, 1.165) is 34.7 Å². The molecule has 3 aromatic rings. The van der Waals surface area contributed by atoms with Gasteiger partial charge in [-0.1, -0.05) is 17.7 Å². The first-order chi connectivity index (χ1) is 16.5.